The van der Waals surface area contributed by atoms with E-state index in [2.05, 4.69) is 30.0 Å². The molecule has 0 spiro atoms. The number of thioether (sulfide) groups is 1. The van der Waals surface area contributed by atoms with Gasteiger partial charge in [0.15, 0.2) is 0 Å². The number of fused-ring (bicyclic) bond motifs is 1. The smallest absolute Gasteiger partial charge is 0.0993 e. The van der Waals surface area contributed by atoms with E-state index in [4.69, 9.17) is 0 Å². The number of nitriles is 1. The number of para-hydroxylation sites is 1. The Morgan fingerprint density at radius 2 is 1.97 bits per heavy atom. The quantitative estimate of drug-likeness (QED) is 0.535. The molecule has 0 amide bonds. The third kappa shape index (κ3) is 4.42. The summed E-state index contributed by atoms with van der Waals surface area (Å²) in [6.45, 7) is 2.83. The van der Waals surface area contributed by atoms with E-state index in [1.54, 1.807) is 23.1 Å². The summed E-state index contributed by atoms with van der Waals surface area (Å²) in [6, 6.07) is 16.2. The minimum Gasteiger partial charge on any atom is -0.338 e. The van der Waals surface area contributed by atoms with Crippen LogP contribution in [0.5, 0.6) is 0 Å². The van der Waals surface area contributed by atoms with Crippen LogP contribution >= 0.6 is 22.5 Å². The Labute approximate surface area is 179 Å². The summed E-state index contributed by atoms with van der Waals surface area (Å²) >= 11 is 1.58. The zero-order valence-electron chi connectivity index (χ0n) is 17.2. The lowest BCUT2D eigenvalue weighted by atomic mass is 10.1. The van der Waals surface area contributed by atoms with Crippen LogP contribution in [0.25, 0.3) is 0 Å². The largest absolute Gasteiger partial charge is 0.338 e. The highest BCUT2D eigenvalue weighted by Crippen LogP contribution is 2.59. The molecule has 5 nitrogen and oxygen atoms in total. The Morgan fingerprint density at radius 1 is 1.24 bits per heavy atom. The van der Waals surface area contributed by atoms with Gasteiger partial charge >= 0.3 is 0 Å². The first kappa shape index (κ1) is 22.0. The fourth-order valence-corrected chi connectivity index (χ4v) is 6.06. The number of hydrogen-bond acceptors (Lipinski definition) is 6. The van der Waals surface area contributed by atoms with Gasteiger partial charge in [-0.15, -0.1) is 22.5 Å². The Kier molecular flexibility index (Phi) is 7.14. The van der Waals surface area contributed by atoms with Crippen LogP contribution in [0, 0.1) is 11.3 Å². The van der Waals surface area contributed by atoms with Gasteiger partial charge in [0.25, 0.3) is 0 Å². The van der Waals surface area contributed by atoms with Crippen molar-refractivity contribution in [3.05, 3.63) is 48.0 Å². The molecular weight excluding hydrogens is 402 g/mol. The second-order valence-corrected chi connectivity index (χ2v) is 10.2. The molecule has 156 valence electrons. The molecular formula is C22H29N3O2S2. The number of likely N-dealkylation sites (N-methyl/N-ethyl adjacent to an activating group) is 1. The summed E-state index contributed by atoms with van der Waals surface area (Å²) in [7, 11) is -1.36. The van der Waals surface area contributed by atoms with E-state index in [0.29, 0.717) is 11.4 Å². The zero-order valence-corrected chi connectivity index (χ0v) is 18.8. The molecule has 2 aromatic carbocycles. The summed E-state index contributed by atoms with van der Waals surface area (Å²) in [6.07, 6.45) is 5.21. The summed E-state index contributed by atoms with van der Waals surface area (Å²) < 4.78 is 24.4. The predicted molar refractivity (Wildman–Crippen MR) is 123 cm³/mol. The minimum absolute atomic E-state index is 0.00435. The van der Waals surface area contributed by atoms with Crippen LogP contribution in [-0.4, -0.2) is 39.3 Å². The Bertz CT molecular complexity index is 884. The normalized spacial score (nSPS) is 19.9. The van der Waals surface area contributed by atoms with Crippen LogP contribution in [-0.2, 0) is 6.42 Å². The molecule has 1 aliphatic heterocycles. The number of anilines is 2. The van der Waals surface area contributed by atoms with Gasteiger partial charge in [-0.3, -0.25) is 9.11 Å². The standard InChI is InChI=1S/C22H29N3O2S2/c1-4-5-9-19-16-25(18-10-7-6-8-11-18)20-15-21(28-3)17(12-13-23)14-22(20)29(26,27)24(19)2/h6-8,10-11,14-15,19,26-27H,4-5,9,12,16H2,1-3H3. The first-order valence-electron chi connectivity index (χ1n) is 9.85. The van der Waals surface area contributed by atoms with Crippen molar-refractivity contribution in [3.63, 3.8) is 0 Å². The van der Waals surface area contributed by atoms with Crippen molar-refractivity contribution in [1.29, 1.82) is 5.26 Å². The molecule has 29 heavy (non-hydrogen) atoms. The van der Waals surface area contributed by atoms with E-state index in [9.17, 15) is 14.4 Å². The molecule has 2 aromatic rings. The molecule has 2 N–H and O–H groups in total. The summed E-state index contributed by atoms with van der Waals surface area (Å²) in [5.41, 5.74) is 2.68. The van der Waals surface area contributed by atoms with Crippen LogP contribution in [0.2, 0.25) is 0 Å². The second-order valence-electron chi connectivity index (χ2n) is 7.27. The number of benzene rings is 2. The first-order valence-corrected chi connectivity index (χ1v) is 12.6. The third-order valence-corrected chi connectivity index (χ3v) is 8.32. The van der Waals surface area contributed by atoms with Crippen molar-refractivity contribution in [2.75, 3.05) is 24.7 Å². The molecule has 0 radical (unpaired) electrons. The van der Waals surface area contributed by atoms with Crippen LogP contribution in [0.4, 0.5) is 11.4 Å². The van der Waals surface area contributed by atoms with Crippen LogP contribution < -0.4 is 4.90 Å². The van der Waals surface area contributed by atoms with E-state index in [1.807, 2.05) is 36.6 Å². The van der Waals surface area contributed by atoms with Crippen molar-refractivity contribution in [1.82, 2.24) is 4.31 Å². The van der Waals surface area contributed by atoms with Gasteiger partial charge in [-0.2, -0.15) is 5.26 Å². The lowest BCUT2D eigenvalue weighted by Crippen LogP contribution is -2.39. The maximum absolute atomic E-state index is 11.3. The fourth-order valence-electron chi connectivity index (χ4n) is 3.79. The molecule has 0 aromatic heterocycles. The van der Waals surface area contributed by atoms with E-state index in [-0.39, 0.29) is 12.5 Å². The van der Waals surface area contributed by atoms with Crippen LogP contribution in [0.1, 0.15) is 31.7 Å². The van der Waals surface area contributed by atoms with Crippen molar-refractivity contribution in [2.45, 2.75) is 48.4 Å². The molecule has 0 bridgehead atoms. The van der Waals surface area contributed by atoms with Crippen LogP contribution in [0.15, 0.2) is 52.3 Å². The van der Waals surface area contributed by atoms with Gasteiger partial charge in [-0.1, -0.05) is 38.0 Å². The number of unbranched alkanes of at least 4 members (excludes halogenated alkanes) is 1. The summed E-state index contributed by atoms with van der Waals surface area (Å²) in [5, 5.41) is 9.25. The van der Waals surface area contributed by atoms with Crippen molar-refractivity contribution < 1.29 is 9.11 Å². The Balaban J connectivity index is 2.22. The maximum Gasteiger partial charge on any atom is 0.0993 e. The topological polar surface area (TPSA) is 70.7 Å². The molecule has 1 atom stereocenters. The highest BCUT2D eigenvalue weighted by molar-refractivity contribution is 8.22. The molecule has 1 heterocycles. The van der Waals surface area contributed by atoms with Crippen molar-refractivity contribution in [3.8, 4) is 6.07 Å². The molecule has 0 fully saturated rings. The molecule has 1 unspecified atom stereocenters. The van der Waals surface area contributed by atoms with Crippen LogP contribution in [0.3, 0.4) is 0 Å². The molecule has 0 aliphatic carbocycles. The van der Waals surface area contributed by atoms with Gasteiger partial charge < -0.3 is 4.90 Å². The van der Waals surface area contributed by atoms with Crippen molar-refractivity contribution in [2.24, 2.45) is 0 Å². The average Bonchev–Trinajstić information content (AvgIpc) is 2.81. The van der Waals surface area contributed by atoms with Gasteiger partial charge in [-0.25, -0.2) is 4.31 Å². The predicted octanol–water partition coefficient (Wildman–Crippen LogP) is 6.14. The minimum atomic E-state index is -3.17. The lowest BCUT2D eigenvalue weighted by Gasteiger charge is -2.43. The Morgan fingerprint density at radius 3 is 2.59 bits per heavy atom. The third-order valence-electron chi connectivity index (χ3n) is 5.49. The second kappa shape index (κ2) is 9.41. The van der Waals surface area contributed by atoms with Gasteiger partial charge in [0, 0.05) is 30.2 Å². The Hall–Kier alpha value is -1.69. The average molecular weight is 432 g/mol. The zero-order chi connectivity index (χ0) is 21.0. The monoisotopic (exact) mass is 431 g/mol. The number of hydrogen-bond donors (Lipinski definition) is 2. The van der Waals surface area contributed by atoms with E-state index >= 15 is 0 Å². The van der Waals surface area contributed by atoms with Gasteiger partial charge in [0.05, 0.1) is 23.1 Å². The molecule has 7 heteroatoms. The first-order chi connectivity index (χ1) is 13.9. The maximum atomic E-state index is 11.3. The molecule has 0 saturated heterocycles. The molecule has 3 rings (SSSR count). The molecule has 1 aliphatic rings. The van der Waals surface area contributed by atoms with E-state index in [1.165, 1.54) is 0 Å². The van der Waals surface area contributed by atoms with Crippen molar-refractivity contribution >= 4 is 33.9 Å². The summed E-state index contributed by atoms with van der Waals surface area (Å²) in [5.74, 6) is 0. The summed E-state index contributed by atoms with van der Waals surface area (Å²) in [4.78, 5) is 3.70. The highest BCUT2D eigenvalue weighted by Gasteiger charge is 2.37. The molecule has 0 saturated carbocycles. The number of nitrogens with zero attached hydrogens (tertiary/aromatic N) is 3. The number of rotatable bonds is 6. The van der Waals surface area contributed by atoms with E-state index in [0.717, 1.165) is 41.1 Å². The van der Waals surface area contributed by atoms with Gasteiger partial charge in [0.2, 0.25) is 0 Å². The van der Waals surface area contributed by atoms with E-state index < -0.39 is 10.8 Å². The highest BCUT2D eigenvalue weighted by atomic mass is 32.3. The fraction of sp³-hybridized carbons (Fsp3) is 0.409. The van der Waals surface area contributed by atoms with Gasteiger partial charge in [0.1, 0.15) is 0 Å². The van der Waals surface area contributed by atoms with Gasteiger partial charge in [-0.05, 0) is 42.5 Å². The SMILES string of the molecule is CCCCC1CN(c2ccccc2)c2cc(SC)c(CC#N)cc2S(O)(O)N1C. The lowest BCUT2D eigenvalue weighted by molar-refractivity contribution is 0.310.